The first-order valence-corrected chi connectivity index (χ1v) is 8.26. The van der Waals surface area contributed by atoms with Crippen LogP contribution >= 0.6 is 0 Å². The maximum atomic E-state index is 11.9. The van der Waals surface area contributed by atoms with Crippen LogP contribution in [0.25, 0.3) is 0 Å². The second-order valence-electron chi connectivity index (χ2n) is 6.00. The summed E-state index contributed by atoms with van der Waals surface area (Å²) in [6.07, 6.45) is -1.59. The molecule has 1 aromatic rings. The highest BCUT2D eigenvalue weighted by Crippen LogP contribution is 2.14. The summed E-state index contributed by atoms with van der Waals surface area (Å²) in [4.78, 5) is 11.5. The van der Waals surface area contributed by atoms with E-state index in [1.54, 1.807) is 32.9 Å². The van der Waals surface area contributed by atoms with Gasteiger partial charge in [0.2, 0.25) is 0 Å². The maximum absolute atomic E-state index is 11.9. The first kappa shape index (κ1) is 18.6. The molecule has 0 saturated carbocycles. The molecule has 0 spiro atoms. The number of carbonyl (C=O) groups is 1. The Bertz CT molecular complexity index is 598. The fourth-order valence-corrected chi connectivity index (χ4v) is 2.52. The van der Waals surface area contributed by atoms with Gasteiger partial charge in [0, 0.05) is 0 Å². The second kappa shape index (κ2) is 7.21. The number of aryl methyl sites for hydroxylation is 1. The van der Waals surface area contributed by atoms with E-state index in [1.807, 2.05) is 6.92 Å². The third kappa shape index (κ3) is 6.55. The smallest absolute Gasteiger partial charge is 0.309 e. The molecule has 0 aliphatic heterocycles. The Hall–Kier alpha value is -1.44. The van der Waals surface area contributed by atoms with Crippen molar-refractivity contribution in [3.05, 3.63) is 29.8 Å². The minimum atomic E-state index is -3.96. The van der Waals surface area contributed by atoms with E-state index in [1.165, 1.54) is 12.1 Å². The fraction of sp³-hybridized carbons (Fsp3) is 0.533. The number of benzene rings is 1. The van der Waals surface area contributed by atoms with Gasteiger partial charge in [-0.1, -0.05) is 17.7 Å². The van der Waals surface area contributed by atoms with E-state index in [0.717, 1.165) is 5.56 Å². The SMILES string of the molecule is Cc1ccc(S(=O)(=O)OCC(O)CC(=O)OC(C)(C)C)cc1. The first-order chi connectivity index (χ1) is 9.99. The van der Waals surface area contributed by atoms with Gasteiger partial charge in [-0.25, -0.2) is 0 Å². The Labute approximate surface area is 131 Å². The van der Waals surface area contributed by atoms with Crippen LogP contribution < -0.4 is 0 Å². The van der Waals surface area contributed by atoms with Gasteiger partial charge < -0.3 is 9.84 Å². The van der Waals surface area contributed by atoms with E-state index in [0.29, 0.717) is 0 Å². The summed E-state index contributed by atoms with van der Waals surface area (Å²) >= 11 is 0. The summed E-state index contributed by atoms with van der Waals surface area (Å²) in [5.74, 6) is -0.615. The van der Waals surface area contributed by atoms with E-state index in [9.17, 15) is 18.3 Å². The lowest BCUT2D eigenvalue weighted by Gasteiger charge is -2.20. The molecule has 0 fully saturated rings. The van der Waals surface area contributed by atoms with Crippen LogP contribution in [0.3, 0.4) is 0 Å². The van der Waals surface area contributed by atoms with Gasteiger partial charge in [-0.3, -0.25) is 8.98 Å². The predicted molar refractivity (Wildman–Crippen MR) is 80.8 cm³/mol. The third-order valence-electron chi connectivity index (χ3n) is 2.55. The van der Waals surface area contributed by atoms with Crippen LogP contribution in [-0.2, 0) is 23.8 Å². The van der Waals surface area contributed by atoms with E-state index < -0.39 is 34.4 Å². The predicted octanol–water partition coefficient (Wildman–Crippen LogP) is 1.79. The molecule has 0 bridgehead atoms. The molecule has 0 radical (unpaired) electrons. The number of ether oxygens (including phenoxy) is 1. The minimum Gasteiger partial charge on any atom is -0.460 e. The molecule has 0 aromatic heterocycles. The Morgan fingerprint density at radius 2 is 1.77 bits per heavy atom. The summed E-state index contributed by atoms with van der Waals surface area (Å²) in [5.41, 5.74) is 0.259. The summed E-state index contributed by atoms with van der Waals surface area (Å²) in [6, 6.07) is 6.14. The van der Waals surface area contributed by atoms with Crippen molar-refractivity contribution in [1.29, 1.82) is 0 Å². The molecule has 0 saturated heterocycles. The van der Waals surface area contributed by atoms with Crippen molar-refractivity contribution in [2.75, 3.05) is 6.61 Å². The largest absolute Gasteiger partial charge is 0.460 e. The number of hydrogen-bond acceptors (Lipinski definition) is 6. The zero-order chi connectivity index (χ0) is 17.0. The van der Waals surface area contributed by atoms with E-state index in [2.05, 4.69) is 0 Å². The van der Waals surface area contributed by atoms with Crippen molar-refractivity contribution < 1.29 is 27.2 Å². The van der Waals surface area contributed by atoms with Crippen molar-refractivity contribution in [2.45, 2.75) is 50.7 Å². The van der Waals surface area contributed by atoms with Crippen LogP contribution in [0.15, 0.2) is 29.2 Å². The number of esters is 1. The molecule has 6 nitrogen and oxygen atoms in total. The van der Waals surface area contributed by atoms with Crippen molar-refractivity contribution in [3.63, 3.8) is 0 Å². The van der Waals surface area contributed by atoms with E-state index >= 15 is 0 Å². The van der Waals surface area contributed by atoms with Crippen LogP contribution in [-0.4, -0.2) is 37.8 Å². The highest BCUT2D eigenvalue weighted by Gasteiger charge is 2.22. The first-order valence-electron chi connectivity index (χ1n) is 6.85. The molecular weight excluding hydrogens is 308 g/mol. The highest BCUT2D eigenvalue weighted by atomic mass is 32.2. The number of carbonyl (C=O) groups excluding carboxylic acids is 1. The van der Waals surface area contributed by atoms with Crippen LogP contribution in [0.2, 0.25) is 0 Å². The Balaban J connectivity index is 2.54. The molecule has 0 aliphatic carbocycles. The van der Waals surface area contributed by atoms with Gasteiger partial charge in [-0.15, -0.1) is 0 Å². The van der Waals surface area contributed by atoms with Gasteiger partial charge >= 0.3 is 5.97 Å². The van der Waals surface area contributed by atoms with Crippen molar-refractivity contribution in [2.24, 2.45) is 0 Å². The Kier molecular flexibility index (Phi) is 6.10. The van der Waals surface area contributed by atoms with E-state index in [4.69, 9.17) is 8.92 Å². The van der Waals surface area contributed by atoms with Gasteiger partial charge in [0.25, 0.3) is 10.1 Å². The number of hydrogen-bond donors (Lipinski definition) is 1. The normalized spacial score (nSPS) is 13.7. The average molecular weight is 330 g/mol. The van der Waals surface area contributed by atoms with Crippen LogP contribution in [0.5, 0.6) is 0 Å². The number of rotatable bonds is 6. The lowest BCUT2D eigenvalue weighted by molar-refractivity contribution is -0.157. The van der Waals surface area contributed by atoms with Crippen LogP contribution in [0, 0.1) is 6.92 Å². The van der Waals surface area contributed by atoms with Gasteiger partial charge in [0.1, 0.15) is 5.60 Å². The lowest BCUT2D eigenvalue weighted by atomic mass is 10.2. The maximum Gasteiger partial charge on any atom is 0.309 e. The minimum absolute atomic E-state index is 0.00238. The molecule has 0 aliphatic rings. The Morgan fingerprint density at radius 1 is 1.23 bits per heavy atom. The van der Waals surface area contributed by atoms with Crippen molar-refractivity contribution in [1.82, 2.24) is 0 Å². The molecule has 1 atom stereocenters. The topological polar surface area (TPSA) is 89.9 Å². The quantitative estimate of drug-likeness (QED) is 0.632. The van der Waals surface area contributed by atoms with Crippen LogP contribution in [0.4, 0.5) is 0 Å². The summed E-state index contributed by atoms with van der Waals surface area (Å²) in [5, 5.41) is 9.68. The molecule has 1 N–H and O–H groups in total. The van der Waals surface area contributed by atoms with E-state index in [-0.39, 0.29) is 11.3 Å². The molecular formula is C15H22O6S. The number of aliphatic hydroxyl groups is 1. The monoisotopic (exact) mass is 330 g/mol. The molecule has 22 heavy (non-hydrogen) atoms. The average Bonchev–Trinajstić information content (AvgIpc) is 2.34. The number of aliphatic hydroxyl groups excluding tert-OH is 1. The van der Waals surface area contributed by atoms with Crippen molar-refractivity contribution >= 4 is 16.1 Å². The third-order valence-corrected chi connectivity index (χ3v) is 3.84. The highest BCUT2D eigenvalue weighted by molar-refractivity contribution is 7.86. The second-order valence-corrected chi connectivity index (χ2v) is 7.61. The summed E-state index contributed by atoms with van der Waals surface area (Å²) < 4.78 is 33.6. The summed E-state index contributed by atoms with van der Waals surface area (Å²) in [7, 11) is -3.96. The molecule has 7 heteroatoms. The zero-order valence-electron chi connectivity index (χ0n) is 13.2. The lowest BCUT2D eigenvalue weighted by Crippen LogP contribution is -2.28. The molecule has 0 heterocycles. The molecule has 1 aromatic carbocycles. The fourth-order valence-electron chi connectivity index (χ4n) is 1.58. The Morgan fingerprint density at radius 3 is 2.27 bits per heavy atom. The summed E-state index contributed by atoms with van der Waals surface area (Å²) in [6.45, 7) is 6.44. The molecule has 1 rings (SSSR count). The zero-order valence-corrected chi connectivity index (χ0v) is 14.0. The standard InChI is InChI=1S/C15H22O6S/c1-11-5-7-13(8-6-11)22(18,19)20-10-12(16)9-14(17)21-15(2,3)4/h5-8,12,16H,9-10H2,1-4H3. The van der Waals surface area contributed by atoms with Crippen molar-refractivity contribution in [3.8, 4) is 0 Å². The molecule has 1 unspecified atom stereocenters. The van der Waals surface area contributed by atoms with Gasteiger partial charge in [0.05, 0.1) is 24.0 Å². The van der Waals surface area contributed by atoms with Crippen LogP contribution in [0.1, 0.15) is 32.8 Å². The molecule has 0 amide bonds. The van der Waals surface area contributed by atoms with Gasteiger partial charge in [-0.2, -0.15) is 8.42 Å². The van der Waals surface area contributed by atoms with Gasteiger partial charge in [-0.05, 0) is 39.8 Å². The van der Waals surface area contributed by atoms with Gasteiger partial charge in [0.15, 0.2) is 0 Å². The molecule has 124 valence electrons.